The van der Waals surface area contributed by atoms with Crippen LogP contribution in [-0.4, -0.2) is 92.7 Å². The van der Waals surface area contributed by atoms with Crippen molar-refractivity contribution < 1.29 is 58.2 Å². The molecular weight excluding hydrogens is 966 g/mol. The highest BCUT2D eigenvalue weighted by Gasteiger charge is 2.51. The van der Waals surface area contributed by atoms with E-state index >= 15 is 8.78 Å². The van der Waals surface area contributed by atoms with Gasteiger partial charge in [0.1, 0.15) is 36.0 Å². The molecule has 0 bridgehead atoms. The van der Waals surface area contributed by atoms with Crippen molar-refractivity contribution >= 4 is 61.7 Å². The van der Waals surface area contributed by atoms with E-state index in [0.717, 1.165) is 23.7 Å². The first-order chi connectivity index (χ1) is 32.0. The van der Waals surface area contributed by atoms with Gasteiger partial charge in [-0.15, -0.1) is 0 Å². The number of pyridine rings is 1. The molecule has 0 saturated heterocycles. The molecule has 0 spiro atoms. The van der Waals surface area contributed by atoms with Gasteiger partial charge in [0.2, 0.25) is 11.8 Å². The van der Waals surface area contributed by atoms with E-state index in [4.69, 9.17) is 38.2 Å². The van der Waals surface area contributed by atoms with Gasteiger partial charge < -0.3 is 26.6 Å². The van der Waals surface area contributed by atoms with Gasteiger partial charge >= 0.3 is 0 Å². The predicted molar refractivity (Wildman–Crippen MR) is 244 cm³/mol. The molecule has 14 nitrogen and oxygen atoms in total. The van der Waals surface area contributed by atoms with Crippen molar-refractivity contribution in [2.24, 2.45) is 27.4 Å². The number of carbonyl (C=O) groups excluding carboxylic acids is 1. The summed E-state index contributed by atoms with van der Waals surface area (Å²) in [5.41, 5.74) is 6.86. The maximum absolute atomic E-state index is 15.4. The topological polar surface area (TPSA) is 224 Å². The van der Waals surface area contributed by atoms with E-state index in [1.54, 1.807) is 13.8 Å². The van der Waals surface area contributed by atoms with Crippen molar-refractivity contribution in [3.05, 3.63) is 87.3 Å². The van der Waals surface area contributed by atoms with E-state index in [1.807, 2.05) is 0 Å². The number of alkyl halides is 6. The molecule has 69 heavy (non-hydrogen) atoms. The van der Waals surface area contributed by atoms with Crippen molar-refractivity contribution in [3.8, 4) is 11.1 Å². The Labute approximate surface area is 396 Å². The fourth-order valence-corrected chi connectivity index (χ4v) is 10.1. The Morgan fingerprint density at radius 3 is 2.29 bits per heavy atom. The van der Waals surface area contributed by atoms with Crippen LogP contribution in [0.2, 0.25) is 5.02 Å². The second kappa shape index (κ2) is 20.0. The number of aromatic nitrogens is 3. The van der Waals surface area contributed by atoms with Gasteiger partial charge in [0.25, 0.3) is 24.8 Å². The average molecular weight is 1020 g/mol. The van der Waals surface area contributed by atoms with Crippen LogP contribution in [0.25, 0.3) is 22.0 Å². The third kappa shape index (κ3) is 11.7. The molecule has 2 aromatic heterocycles. The molecule has 2 aromatic carbocycles. The van der Waals surface area contributed by atoms with Crippen LogP contribution in [0.5, 0.6) is 0 Å². The number of aliphatic hydroxyl groups is 1. The van der Waals surface area contributed by atoms with Crippen LogP contribution in [0, 0.1) is 23.0 Å². The van der Waals surface area contributed by atoms with E-state index < -0.39 is 129 Å². The number of allylic oxidation sites excluding steroid dienone is 2. The first-order valence-corrected chi connectivity index (χ1v) is 23.4. The third-order valence-corrected chi connectivity index (χ3v) is 15.2. The van der Waals surface area contributed by atoms with Crippen LogP contribution < -0.4 is 16.8 Å². The molecule has 2 saturated carbocycles. The number of sulfone groups is 1. The maximum Gasteiger partial charge on any atom is 0.295 e. The molecule has 24 heteroatoms. The molecule has 374 valence electrons. The Morgan fingerprint density at radius 1 is 1.06 bits per heavy atom. The molecule has 2 aliphatic rings. The quantitative estimate of drug-likeness (QED) is 0.0389. The average Bonchev–Trinajstić information content (AvgIpc) is 4.01. The number of fused-ring (bicyclic) bond motifs is 1. The number of aliphatic imine (C=N–C) groups is 2. The minimum atomic E-state index is -3.77. The zero-order valence-electron chi connectivity index (χ0n) is 37.9. The number of benzene rings is 2. The minimum Gasteiger partial charge on any atom is -0.408 e. The highest BCUT2D eigenvalue weighted by molar-refractivity contribution is 7.93. The Balaban J connectivity index is 1.56. The number of hydrogen-bond acceptors (Lipinski definition) is 11. The van der Waals surface area contributed by atoms with Crippen LogP contribution >= 0.6 is 11.6 Å². The lowest BCUT2D eigenvalue weighted by molar-refractivity contribution is -0.120. The molecule has 4 aromatic rings. The summed E-state index contributed by atoms with van der Waals surface area (Å²) in [7, 11) is -3.59. The van der Waals surface area contributed by atoms with Gasteiger partial charge in [0.15, 0.2) is 15.7 Å². The number of amides is 1. The lowest BCUT2D eigenvalue weighted by Crippen LogP contribution is -2.36. The number of nitrogens with two attached hydrogens (primary N) is 2. The molecule has 7 N–H and O–H groups in total. The number of nitrogens with zero attached hydrogens (tertiary/aromatic N) is 5. The van der Waals surface area contributed by atoms with Gasteiger partial charge in [-0.05, 0) is 96.0 Å². The maximum atomic E-state index is 15.4. The first-order valence-electron chi connectivity index (χ1n) is 21.5. The van der Waals surface area contributed by atoms with Crippen molar-refractivity contribution in [2.45, 2.75) is 120 Å². The summed E-state index contributed by atoms with van der Waals surface area (Å²) in [6.45, 7) is 4.55. The summed E-state index contributed by atoms with van der Waals surface area (Å²) in [5, 5.41) is 24.4. The van der Waals surface area contributed by atoms with Gasteiger partial charge in [0, 0.05) is 34.4 Å². The fourth-order valence-electron chi connectivity index (χ4n) is 7.85. The molecule has 2 fully saturated rings. The van der Waals surface area contributed by atoms with Gasteiger partial charge in [0.05, 0.1) is 43.4 Å². The second-order valence-corrected chi connectivity index (χ2v) is 21.4. The summed E-state index contributed by atoms with van der Waals surface area (Å²) in [5.74, 6) is -9.50. The van der Waals surface area contributed by atoms with E-state index in [9.17, 15) is 44.7 Å². The molecule has 2 aliphatic carbocycles. The van der Waals surface area contributed by atoms with Crippen LogP contribution in [0.4, 0.5) is 40.9 Å². The molecule has 0 unspecified atom stereocenters. The van der Waals surface area contributed by atoms with Gasteiger partial charge in [-0.1, -0.05) is 30.7 Å². The number of nitrogens with one attached hydrogen (secondary N) is 2. The number of hydrogen-bond donors (Lipinski definition) is 5. The number of aryl methyl sites for hydroxylation is 1. The van der Waals surface area contributed by atoms with Gasteiger partial charge in [-0.25, -0.2) is 34.8 Å². The predicted octanol–water partition coefficient (Wildman–Crippen LogP) is 8.29. The van der Waals surface area contributed by atoms with Crippen molar-refractivity contribution in [3.63, 3.8) is 0 Å². The largest absolute Gasteiger partial charge is 0.408 e. The van der Waals surface area contributed by atoms with Crippen molar-refractivity contribution in [1.29, 1.82) is 5.41 Å². The molecular formula is C45H50ClF8N9O5S. The summed E-state index contributed by atoms with van der Waals surface area (Å²) in [4.78, 5) is 26.7. The lowest BCUT2D eigenvalue weighted by atomic mass is 9.93. The van der Waals surface area contributed by atoms with Gasteiger partial charge in [-0.3, -0.25) is 24.9 Å². The molecule has 2 atom stereocenters. The Bertz CT molecular complexity index is 2840. The standard InChI is InChI=1S/C45H50ClF8N9O5S/c1-21-14-29(35(55)39(51)52)38(45(21,53)54)58-19-33(64)60-31(17-22-15-23(47)18-24(48)16-22)36-27(9-6-25(59-36)12-13-43(2,3)69(66,67)26-7-8-26)28-10-11-30(46)34-37(28)63(20-32(49)50)62-40(34)61-42(57)68-41(56)44(4,5)65/h6,9-11,15-16,18,21,26,31-32,39,56,65H,7-8,12-14,17,19-20,55H2,1-5H3,(H,60,64)(H2,57,61,62)/t21-,31+/m1/s1. The lowest BCUT2D eigenvalue weighted by Gasteiger charge is -2.26. The van der Waals surface area contributed by atoms with Crippen LogP contribution in [-0.2, 0) is 38.8 Å². The number of rotatable bonds is 17. The highest BCUT2D eigenvalue weighted by Crippen LogP contribution is 2.44. The molecule has 0 radical (unpaired) electrons. The Morgan fingerprint density at radius 2 is 1.70 bits per heavy atom. The van der Waals surface area contributed by atoms with E-state index in [0.29, 0.717) is 18.9 Å². The van der Waals surface area contributed by atoms with Crippen LogP contribution in [0.15, 0.2) is 63.7 Å². The number of halogens is 9. The highest BCUT2D eigenvalue weighted by atomic mass is 35.5. The molecule has 1 amide bonds. The smallest absolute Gasteiger partial charge is 0.295 e. The fraction of sp³-hybridized carbons (Fsp3) is 0.467. The summed E-state index contributed by atoms with van der Waals surface area (Å²) in [6.07, 6.45) is -6.30. The molecule has 0 aliphatic heterocycles. The normalized spacial score (nSPS) is 18.7. The molecule has 6 rings (SSSR count). The number of carbonyl (C=O) groups is 1. The second-order valence-electron chi connectivity index (χ2n) is 18.1. The van der Waals surface area contributed by atoms with Crippen molar-refractivity contribution in [1.82, 2.24) is 20.1 Å². The number of ether oxygens (including phenoxy) is 1. The first kappa shape index (κ1) is 52.7. The SMILES string of the molecule is C[C@@H]1CC(=C(N)C(F)F)C(=NCC(=O)N[C@@H](Cc2cc(F)cc(F)c2)c2nc(CCC(C)(C)S(=O)(=O)C3CC3)ccc2-c2ccc(Cl)c3c(N=C(N)OC(=N)C(C)(C)O)nn(CC(F)F)c23)C1(F)F. The van der Waals surface area contributed by atoms with Crippen LogP contribution in [0.3, 0.4) is 0 Å². The zero-order chi connectivity index (χ0) is 51.1. The zero-order valence-corrected chi connectivity index (χ0v) is 39.4. The van der Waals surface area contributed by atoms with Gasteiger partial charge in [-0.2, -0.15) is 18.9 Å². The summed E-state index contributed by atoms with van der Waals surface area (Å²) in [6, 6.07) is 6.01. The van der Waals surface area contributed by atoms with Crippen molar-refractivity contribution in [2.75, 3.05) is 6.54 Å². The monoisotopic (exact) mass is 1020 g/mol. The van der Waals surface area contributed by atoms with Crippen LogP contribution in [0.1, 0.15) is 83.3 Å². The Hall–Kier alpha value is -5.68. The summed E-state index contributed by atoms with van der Waals surface area (Å²) >= 11 is 6.69. The number of amidine groups is 1. The van der Waals surface area contributed by atoms with E-state index in [1.165, 1.54) is 38.1 Å². The molecule has 2 heterocycles. The third-order valence-electron chi connectivity index (χ3n) is 11.8. The Kier molecular flexibility index (Phi) is 15.2. The minimum absolute atomic E-state index is 0.0141. The van der Waals surface area contributed by atoms with E-state index in [2.05, 4.69) is 20.4 Å². The van der Waals surface area contributed by atoms with E-state index in [-0.39, 0.29) is 62.7 Å². The summed E-state index contributed by atoms with van der Waals surface area (Å²) < 4.78 is 148.